The number of rotatable bonds is 11. The van der Waals surface area contributed by atoms with Crippen molar-refractivity contribution >= 4 is 34.4 Å². The molecule has 0 saturated carbocycles. The molecule has 0 fully saturated rings. The summed E-state index contributed by atoms with van der Waals surface area (Å²) in [5, 5.41) is 13.0. The van der Waals surface area contributed by atoms with Gasteiger partial charge in [0.05, 0.1) is 6.42 Å². The molecular weight excluding hydrogens is 592 g/mol. The fourth-order valence-electron chi connectivity index (χ4n) is 4.59. The largest absolute Gasteiger partial charge is 0.598 e. The first kappa shape index (κ1) is 33.9. The molecule has 0 saturated heterocycles. The number of carbonyl (C=O) groups is 2. The fourth-order valence-corrected chi connectivity index (χ4v) is 5.38. The van der Waals surface area contributed by atoms with Gasteiger partial charge in [-0.1, -0.05) is 36.4 Å². The summed E-state index contributed by atoms with van der Waals surface area (Å²) >= 11 is -1.30. The monoisotopic (exact) mass is 634 g/mol. The van der Waals surface area contributed by atoms with Crippen LogP contribution in [0.15, 0.2) is 71.1 Å². The van der Waals surface area contributed by atoms with Crippen LogP contribution in [0.3, 0.4) is 0 Å². The van der Waals surface area contributed by atoms with Crippen LogP contribution in [0, 0.1) is 0 Å². The molecule has 1 amide bonds. The minimum atomic E-state index is -1.30. The second-order valence-electron chi connectivity index (χ2n) is 13.0. The normalized spacial score (nSPS) is 13.3. The third-order valence-electron chi connectivity index (χ3n) is 6.74. The van der Waals surface area contributed by atoms with Gasteiger partial charge >= 0.3 is 12.1 Å². The van der Waals surface area contributed by atoms with Crippen molar-refractivity contribution in [1.82, 2.24) is 10.0 Å². The number of hydrogen-bond acceptors (Lipinski definition) is 7. The summed E-state index contributed by atoms with van der Waals surface area (Å²) in [7, 11) is 0. The number of hydrogen-bond donors (Lipinski definition) is 3. The zero-order valence-electron chi connectivity index (χ0n) is 26.9. The number of carboxylic acid groups (broad SMARTS) is 1. The van der Waals surface area contributed by atoms with Crippen LogP contribution in [-0.2, 0) is 40.5 Å². The van der Waals surface area contributed by atoms with Gasteiger partial charge < -0.3 is 28.9 Å². The number of amides is 1. The number of furan rings is 1. The molecule has 3 aromatic carbocycles. The van der Waals surface area contributed by atoms with Crippen molar-refractivity contribution in [2.24, 2.45) is 0 Å². The summed E-state index contributed by atoms with van der Waals surface area (Å²) in [6, 6.07) is 20.5. The van der Waals surface area contributed by atoms with Crippen molar-refractivity contribution in [2.75, 3.05) is 0 Å². The minimum Gasteiger partial charge on any atom is -0.598 e. The molecule has 0 aliphatic rings. The summed E-state index contributed by atoms with van der Waals surface area (Å²) in [4.78, 5) is 23.6. The van der Waals surface area contributed by atoms with Gasteiger partial charge in [-0.25, -0.2) is 4.79 Å². The lowest BCUT2D eigenvalue weighted by molar-refractivity contribution is -0.136. The first-order valence-corrected chi connectivity index (χ1v) is 16.0. The molecule has 0 radical (unpaired) electrons. The molecule has 1 aromatic heterocycles. The van der Waals surface area contributed by atoms with Gasteiger partial charge in [-0.05, 0) is 95.5 Å². The van der Waals surface area contributed by atoms with E-state index in [0.29, 0.717) is 22.7 Å². The average Bonchev–Trinajstić information content (AvgIpc) is 3.38. The summed E-state index contributed by atoms with van der Waals surface area (Å²) in [6.07, 6.45) is -0.640. The summed E-state index contributed by atoms with van der Waals surface area (Å²) in [5.41, 5.74) is 4.07. The van der Waals surface area contributed by atoms with Crippen molar-refractivity contribution in [3.8, 4) is 16.9 Å². The topological polar surface area (TPSA) is 133 Å². The first-order chi connectivity index (χ1) is 21.1. The quantitative estimate of drug-likeness (QED) is 0.145. The molecule has 3 N–H and O–H groups in total. The fraction of sp³-hybridized carbons (Fsp3) is 0.371. The molecule has 0 spiro atoms. The van der Waals surface area contributed by atoms with E-state index in [4.69, 9.17) is 13.9 Å². The SMILES string of the molecule is C[C@@H](N[S+]([O-])C(C)(C)C)c1cc2cc(COc3ccccc3CC(=O)O)cc(-c3cccc(CNC(=O)OC(C)(C)C)c3)c2o1. The Morgan fingerprint density at radius 3 is 2.40 bits per heavy atom. The summed E-state index contributed by atoms with van der Waals surface area (Å²) in [6.45, 7) is 13.5. The van der Waals surface area contributed by atoms with Crippen molar-refractivity contribution in [1.29, 1.82) is 0 Å². The Bertz CT molecular complexity index is 1650. The Morgan fingerprint density at radius 1 is 0.978 bits per heavy atom. The predicted octanol–water partition coefficient (Wildman–Crippen LogP) is 7.44. The number of para-hydroxylation sites is 1. The van der Waals surface area contributed by atoms with Gasteiger partial charge in [0.2, 0.25) is 0 Å². The van der Waals surface area contributed by atoms with E-state index in [-0.39, 0.29) is 25.6 Å². The number of nitrogens with one attached hydrogen (secondary N) is 2. The van der Waals surface area contributed by atoms with Gasteiger partial charge in [0.15, 0.2) is 0 Å². The molecule has 9 nitrogen and oxygen atoms in total. The average molecular weight is 635 g/mol. The van der Waals surface area contributed by atoms with E-state index in [1.165, 1.54) is 0 Å². The maximum Gasteiger partial charge on any atom is 0.407 e. The van der Waals surface area contributed by atoms with Crippen LogP contribution in [0.5, 0.6) is 5.75 Å². The number of carbonyl (C=O) groups excluding carboxylic acids is 1. The number of aliphatic carboxylic acids is 1. The van der Waals surface area contributed by atoms with Crippen molar-refractivity contribution in [2.45, 2.75) is 84.4 Å². The van der Waals surface area contributed by atoms with Gasteiger partial charge in [-0.2, -0.15) is 0 Å². The van der Waals surface area contributed by atoms with E-state index in [1.807, 2.05) is 97.0 Å². The first-order valence-electron chi connectivity index (χ1n) is 14.8. The number of carboxylic acids is 1. The van der Waals surface area contributed by atoms with Crippen LogP contribution in [0.25, 0.3) is 22.1 Å². The summed E-state index contributed by atoms with van der Waals surface area (Å²) < 4.78 is 33.4. The molecule has 4 aromatic rings. The predicted molar refractivity (Wildman–Crippen MR) is 176 cm³/mol. The van der Waals surface area contributed by atoms with Crippen LogP contribution in [-0.4, -0.2) is 32.1 Å². The lowest BCUT2D eigenvalue weighted by atomic mass is 9.98. The molecule has 45 heavy (non-hydrogen) atoms. The Morgan fingerprint density at radius 2 is 1.71 bits per heavy atom. The van der Waals surface area contributed by atoms with Crippen molar-refractivity contribution in [3.05, 3.63) is 89.2 Å². The lowest BCUT2D eigenvalue weighted by Crippen LogP contribution is -2.40. The molecule has 0 aliphatic carbocycles. The molecule has 0 aliphatic heterocycles. The Balaban J connectivity index is 1.69. The molecule has 10 heteroatoms. The minimum absolute atomic E-state index is 0.142. The highest BCUT2D eigenvalue weighted by Crippen LogP contribution is 2.36. The standard InChI is InChI=1S/C35H42N2O7S/c1-22(37-45(41)35(5,6)7)30-18-27-16-24(21-42-29-14-9-8-12-26(29)19-31(38)39)17-28(32(27)43-30)25-13-10-11-23(15-25)20-36-33(40)44-34(2,3)4/h8-18,22,37H,19-21H2,1-7H3,(H,36,40)(H,38,39)/t22-,45?/m1/s1. The molecule has 4 rings (SSSR count). The number of alkyl carbamates (subject to hydrolysis) is 1. The second kappa shape index (κ2) is 14.0. The van der Waals surface area contributed by atoms with Crippen LogP contribution >= 0.6 is 0 Å². The van der Waals surface area contributed by atoms with Crippen molar-refractivity contribution in [3.63, 3.8) is 0 Å². The number of benzene rings is 3. The van der Waals surface area contributed by atoms with E-state index in [9.17, 15) is 19.2 Å². The number of ether oxygens (including phenoxy) is 2. The second-order valence-corrected chi connectivity index (χ2v) is 15.0. The van der Waals surface area contributed by atoms with Crippen LogP contribution < -0.4 is 14.8 Å². The highest BCUT2D eigenvalue weighted by molar-refractivity contribution is 7.90. The van der Waals surface area contributed by atoms with Crippen molar-refractivity contribution < 1.29 is 33.1 Å². The Labute approximate surface area is 267 Å². The highest BCUT2D eigenvalue weighted by atomic mass is 32.2. The highest BCUT2D eigenvalue weighted by Gasteiger charge is 2.29. The van der Waals surface area contributed by atoms with Gasteiger partial charge in [0.1, 0.15) is 40.1 Å². The van der Waals surface area contributed by atoms with E-state index in [1.54, 1.807) is 18.2 Å². The smallest absolute Gasteiger partial charge is 0.407 e. The molecule has 240 valence electrons. The van der Waals surface area contributed by atoms with E-state index in [0.717, 1.165) is 27.6 Å². The molecule has 2 atom stereocenters. The molecule has 0 bridgehead atoms. The Kier molecular flexibility index (Phi) is 10.5. The van der Waals surface area contributed by atoms with Gasteiger partial charge in [0.25, 0.3) is 0 Å². The van der Waals surface area contributed by atoms with Gasteiger partial charge in [0, 0.05) is 34.4 Å². The third-order valence-corrected chi connectivity index (χ3v) is 8.42. The molecule has 1 unspecified atom stereocenters. The van der Waals surface area contributed by atoms with E-state index in [2.05, 4.69) is 10.0 Å². The third kappa shape index (κ3) is 9.50. The summed E-state index contributed by atoms with van der Waals surface area (Å²) in [5.74, 6) is 0.209. The van der Waals surface area contributed by atoms with Crippen LogP contribution in [0.2, 0.25) is 0 Å². The van der Waals surface area contributed by atoms with Gasteiger partial charge in [-0.3, -0.25) is 4.79 Å². The van der Waals surface area contributed by atoms with Crippen LogP contribution in [0.4, 0.5) is 4.79 Å². The van der Waals surface area contributed by atoms with Crippen LogP contribution in [0.1, 0.15) is 77.0 Å². The molecule has 1 heterocycles. The molecular formula is C35H42N2O7S. The number of fused-ring (bicyclic) bond motifs is 1. The maximum absolute atomic E-state index is 12.8. The lowest BCUT2D eigenvalue weighted by Gasteiger charge is -2.25. The Hall–Kier alpha value is -3.99. The zero-order chi connectivity index (χ0) is 32.9. The van der Waals surface area contributed by atoms with E-state index < -0.39 is 33.8 Å². The van der Waals surface area contributed by atoms with Gasteiger partial charge in [-0.15, -0.1) is 4.72 Å². The zero-order valence-corrected chi connectivity index (χ0v) is 27.7. The maximum atomic E-state index is 12.8. The van der Waals surface area contributed by atoms with E-state index >= 15 is 0 Å².